The lowest BCUT2D eigenvalue weighted by Crippen LogP contribution is -2.09. The molecule has 136 valence electrons. The van der Waals surface area contributed by atoms with E-state index in [0.29, 0.717) is 18.4 Å². The van der Waals surface area contributed by atoms with Gasteiger partial charge in [-0.15, -0.1) is 0 Å². The molecule has 0 radical (unpaired) electrons. The van der Waals surface area contributed by atoms with Crippen LogP contribution in [0.25, 0.3) is 28.0 Å². The van der Waals surface area contributed by atoms with E-state index in [-0.39, 0.29) is 0 Å². The summed E-state index contributed by atoms with van der Waals surface area (Å²) in [6.45, 7) is 4.76. The molecule has 0 aliphatic rings. The highest BCUT2D eigenvalue weighted by atomic mass is 15.3. The smallest absolute Gasteiger partial charge is 0.173 e. The molecule has 0 spiro atoms. The highest BCUT2D eigenvalue weighted by Crippen LogP contribution is 2.23. The Morgan fingerprint density at radius 2 is 1.85 bits per heavy atom. The number of fused-ring (bicyclic) bond motifs is 1. The molecule has 4 rings (SSSR count). The van der Waals surface area contributed by atoms with Crippen LogP contribution < -0.4 is 11.1 Å². The summed E-state index contributed by atoms with van der Waals surface area (Å²) in [6, 6.07) is 14.6. The Labute approximate surface area is 158 Å². The van der Waals surface area contributed by atoms with Crippen LogP contribution in [0.3, 0.4) is 0 Å². The first-order valence-electron chi connectivity index (χ1n) is 9.00. The van der Waals surface area contributed by atoms with E-state index in [2.05, 4.69) is 47.4 Å². The van der Waals surface area contributed by atoms with Gasteiger partial charge in [0.2, 0.25) is 0 Å². The molecule has 0 saturated carbocycles. The van der Waals surface area contributed by atoms with E-state index in [0.717, 1.165) is 33.4 Å². The molecule has 0 aliphatic heterocycles. The second kappa shape index (κ2) is 7.17. The van der Waals surface area contributed by atoms with Crippen LogP contribution in [-0.4, -0.2) is 25.8 Å². The zero-order chi connectivity index (χ0) is 18.8. The van der Waals surface area contributed by atoms with Gasteiger partial charge < -0.3 is 11.1 Å². The zero-order valence-electron chi connectivity index (χ0n) is 15.4. The zero-order valence-corrected chi connectivity index (χ0v) is 15.4. The number of nitrogens with one attached hydrogen (secondary N) is 1. The molecule has 0 aliphatic carbocycles. The Bertz CT molecular complexity index is 1070. The molecule has 0 unspecified atom stereocenters. The Hall–Kier alpha value is -3.25. The topological polar surface area (TPSA) is 81.7 Å². The minimum atomic E-state index is 0.360. The van der Waals surface area contributed by atoms with E-state index in [9.17, 15) is 0 Å². The van der Waals surface area contributed by atoms with Crippen molar-refractivity contribution in [3.63, 3.8) is 0 Å². The number of hydrogen-bond acceptors (Lipinski definition) is 5. The molecule has 4 aromatic rings. The summed E-state index contributed by atoms with van der Waals surface area (Å²) in [7, 11) is 0. The molecule has 0 bridgehead atoms. The monoisotopic (exact) mass is 358 g/mol. The number of nitrogens with zero attached hydrogens (tertiary/aromatic N) is 4. The van der Waals surface area contributed by atoms with Crippen molar-refractivity contribution in [2.45, 2.75) is 26.4 Å². The van der Waals surface area contributed by atoms with Gasteiger partial charge in [0.15, 0.2) is 5.82 Å². The average Bonchev–Trinajstić information content (AvgIpc) is 3.11. The first-order valence-corrected chi connectivity index (χ1v) is 9.00. The largest absolute Gasteiger partial charge is 0.383 e. The van der Waals surface area contributed by atoms with Crippen LogP contribution in [0.2, 0.25) is 0 Å². The van der Waals surface area contributed by atoms with Crippen LogP contribution in [-0.2, 0) is 6.54 Å². The lowest BCUT2D eigenvalue weighted by Gasteiger charge is -2.10. The summed E-state index contributed by atoms with van der Waals surface area (Å²) in [5.41, 5.74) is 10.6. The van der Waals surface area contributed by atoms with Gasteiger partial charge in [-0.25, -0.2) is 9.67 Å². The molecule has 3 N–H and O–H groups in total. The first kappa shape index (κ1) is 17.2. The van der Waals surface area contributed by atoms with Crippen molar-refractivity contribution in [1.82, 2.24) is 19.7 Å². The first-order chi connectivity index (χ1) is 13.1. The minimum Gasteiger partial charge on any atom is -0.383 e. The third kappa shape index (κ3) is 3.52. The molecule has 6 heteroatoms. The van der Waals surface area contributed by atoms with Crippen molar-refractivity contribution in [2.24, 2.45) is 5.73 Å². The number of nitrogens with two attached hydrogens (primary N) is 1. The lowest BCUT2D eigenvalue weighted by atomic mass is 10.1. The van der Waals surface area contributed by atoms with Gasteiger partial charge in [0.1, 0.15) is 0 Å². The molecule has 6 nitrogen and oxygen atoms in total. The fraction of sp³-hybridized carbons (Fsp3) is 0.190. The highest BCUT2D eigenvalue weighted by Gasteiger charge is 2.10. The van der Waals surface area contributed by atoms with Crippen molar-refractivity contribution < 1.29 is 0 Å². The second-order valence-electron chi connectivity index (χ2n) is 6.79. The summed E-state index contributed by atoms with van der Waals surface area (Å²) in [5.74, 6) is 0.687. The second-order valence-corrected chi connectivity index (χ2v) is 6.79. The molecule has 2 aromatic heterocycles. The molecule has 2 aromatic carbocycles. The van der Waals surface area contributed by atoms with Gasteiger partial charge in [-0.3, -0.25) is 4.98 Å². The maximum atomic E-state index is 5.68. The summed E-state index contributed by atoms with van der Waals surface area (Å²) in [5, 5.41) is 9.00. The van der Waals surface area contributed by atoms with Gasteiger partial charge in [0, 0.05) is 29.2 Å². The van der Waals surface area contributed by atoms with Gasteiger partial charge in [-0.1, -0.05) is 24.3 Å². The summed E-state index contributed by atoms with van der Waals surface area (Å²) in [4.78, 5) is 9.14. The molecule has 2 heterocycles. The quantitative estimate of drug-likeness (QED) is 0.568. The van der Waals surface area contributed by atoms with Crippen LogP contribution in [0, 0.1) is 0 Å². The van der Waals surface area contributed by atoms with Crippen LogP contribution in [0.15, 0.2) is 61.1 Å². The highest BCUT2D eigenvalue weighted by molar-refractivity contribution is 5.83. The molecule has 0 fully saturated rings. The van der Waals surface area contributed by atoms with Crippen molar-refractivity contribution in [3.8, 4) is 17.1 Å². The molecule has 27 heavy (non-hydrogen) atoms. The fourth-order valence-electron chi connectivity index (χ4n) is 3.03. The van der Waals surface area contributed by atoms with Crippen LogP contribution in [0.5, 0.6) is 0 Å². The maximum Gasteiger partial charge on any atom is 0.173 e. The lowest BCUT2D eigenvalue weighted by molar-refractivity contribution is 0.865. The fourth-order valence-corrected chi connectivity index (χ4v) is 3.03. The maximum absolute atomic E-state index is 5.68. The third-order valence-corrected chi connectivity index (χ3v) is 4.35. The Kier molecular flexibility index (Phi) is 4.56. The van der Waals surface area contributed by atoms with E-state index >= 15 is 0 Å². The van der Waals surface area contributed by atoms with Gasteiger partial charge in [0.05, 0.1) is 29.8 Å². The number of hydrogen-bond donors (Lipinski definition) is 2. The predicted molar refractivity (Wildman–Crippen MR) is 109 cm³/mol. The standard InChI is InChI=1S/C21H22N6/c1-14(2)25-18-8-7-17-11-24-27(20(17)9-18)21-13-23-12-19(26-21)16-5-3-15(10-22)4-6-16/h3-9,11-14,25H,10,22H2,1-2H3. The SMILES string of the molecule is CC(C)Nc1ccc2cnn(-c3cncc(-c4ccc(CN)cc4)n3)c2c1. The Balaban J connectivity index is 1.74. The van der Waals surface area contributed by atoms with E-state index in [1.165, 1.54) is 0 Å². The molecular weight excluding hydrogens is 336 g/mol. The predicted octanol–water partition coefficient (Wildman–Crippen LogP) is 3.76. The van der Waals surface area contributed by atoms with E-state index < -0.39 is 0 Å². The summed E-state index contributed by atoms with van der Waals surface area (Å²) >= 11 is 0. The normalized spacial score (nSPS) is 11.3. The minimum absolute atomic E-state index is 0.360. The van der Waals surface area contributed by atoms with E-state index in [4.69, 9.17) is 10.7 Å². The van der Waals surface area contributed by atoms with Gasteiger partial charge in [-0.2, -0.15) is 5.10 Å². The van der Waals surface area contributed by atoms with Crippen molar-refractivity contribution >= 4 is 16.6 Å². The van der Waals surface area contributed by atoms with Crippen molar-refractivity contribution in [3.05, 3.63) is 66.6 Å². The summed E-state index contributed by atoms with van der Waals surface area (Å²) in [6.07, 6.45) is 5.34. The van der Waals surface area contributed by atoms with Crippen LogP contribution in [0.1, 0.15) is 19.4 Å². The number of benzene rings is 2. The van der Waals surface area contributed by atoms with Crippen LogP contribution in [0.4, 0.5) is 5.69 Å². The van der Waals surface area contributed by atoms with E-state index in [1.807, 2.05) is 35.1 Å². The Morgan fingerprint density at radius 1 is 1.04 bits per heavy atom. The number of aromatic nitrogens is 4. The molecule has 0 amide bonds. The molecular formula is C21H22N6. The van der Waals surface area contributed by atoms with Crippen LogP contribution >= 0.6 is 0 Å². The average molecular weight is 358 g/mol. The summed E-state index contributed by atoms with van der Waals surface area (Å²) < 4.78 is 1.82. The van der Waals surface area contributed by atoms with E-state index in [1.54, 1.807) is 12.4 Å². The van der Waals surface area contributed by atoms with Gasteiger partial charge >= 0.3 is 0 Å². The van der Waals surface area contributed by atoms with Crippen molar-refractivity contribution in [2.75, 3.05) is 5.32 Å². The van der Waals surface area contributed by atoms with Gasteiger partial charge in [0.25, 0.3) is 0 Å². The third-order valence-electron chi connectivity index (χ3n) is 4.35. The van der Waals surface area contributed by atoms with Crippen molar-refractivity contribution in [1.29, 1.82) is 0 Å². The van der Waals surface area contributed by atoms with Gasteiger partial charge in [-0.05, 0) is 37.6 Å². The molecule has 0 saturated heterocycles. The number of rotatable bonds is 5. The number of anilines is 1. The Morgan fingerprint density at radius 3 is 2.59 bits per heavy atom. The molecule has 0 atom stereocenters.